The van der Waals surface area contributed by atoms with Gasteiger partial charge in [-0.15, -0.1) is 0 Å². The lowest BCUT2D eigenvalue weighted by atomic mass is 10.1. The van der Waals surface area contributed by atoms with Crippen LogP contribution >= 0.6 is 0 Å². The highest BCUT2D eigenvalue weighted by molar-refractivity contribution is 6.01. The predicted molar refractivity (Wildman–Crippen MR) is 103 cm³/mol. The number of hydrogen-bond donors (Lipinski definition) is 1. The van der Waals surface area contributed by atoms with Crippen LogP contribution in [0.25, 0.3) is 0 Å². The molecular weight excluding hydrogens is 368 g/mol. The molecule has 3 aliphatic heterocycles. The van der Waals surface area contributed by atoms with Crippen LogP contribution in [0.15, 0.2) is 24.3 Å². The maximum absolute atomic E-state index is 13.0. The fraction of sp³-hybridized carbons (Fsp3) is 0.524. The smallest absolute Gasteiger partial charge is 0.244 e. The zero-order valence-electron chi connectivity index (χ0n) is 15.9. The van der Waals surface area contributed by atoms with Crippen molar-refractivity contribution in [2.75, 3.05) is 18.0 Å². The molecule has 0 aromatic heterocycles. The van der Waals surface area contributed by atoms with Crippen LogP contribution < -0.4 is 10.6 Å². The minimum atomic E-state index is -0.729. The summed E-state index contributed by atoms with van der Waals surface area (Å²) >= 11 is 0. The number of benzene rings is 1. The van der Waals surface area contributed by atoms with E-state index in [1.165, 1.54) is 0 Å². The molecule has 3 saturated heterocycles. The zero-order valence-corrected chi connectivity index (χ0v) is 15.9. The van der Waals surface area contributed by atoms with E-state index >= 15 is 0 Å². The van der Waals surface area contributed by atoms with Gasteiger partial charge in [0.1, 0.15) is 6.04 Å². The van der Waals surface area contributed by atoms with Gasteiger partial charge in [-0.3, -0.25) is 14.5 Å². The molecule has 2 amide bonds. The summed E-state index contributed by atoms with van der Waals surface area (Å²) in [5, 5.41) is 18.4. The van der Waals surface area contributed by atoms with Gasteiger partial charge in [0.2, 0.25) is 11.8 Å². The average molecular weight is 390 g/mol. The lowest BCUT2D eigenvalue weighted by molar-refractivity contribution is -0.135. The minimum absolute atomic E-state index is 0.00526. The molecule has 4 fully saturated rings. The minimum Gasteiger partial charge on any atom is -0.322 e. The summed E-state index contributed by atoms with van der Waals surface area (Å²) in [4.78, 5) is 31.3. The van der Waals surface area contributed by atoms with E-state index in [0.717, 1.165) is 18.5 Å². The first-order chi connectivity index (χ1) is 14.0. The fourth-order valence-electron chi connectivity index (χ4n) is 5.34. The van der Waals surface area contributed by atoms with Crippen molar-refractivity contribution in [2.45, 2.75) is 49.5 Å². The van der Waals surface area contributed by atoms with Crippen molar-refractivity contribution in [3.8, 4) is 12.1 Å². The predicted octanol–water partition coefficient (Wildman–Crippen LogP) is 0.188. The monoisotopic (exact) mass is 390 g/mol. The topological polar surface area (TPSA) is 117 Å². The Morgan fingerprint density at radius 3 is 2.83 bits per heavy atom. The summed E-state index contributed by atoms with van der Waals surface area (Å²) in [7, 11) is 0. The fourth-order valence-corrected chi connectivity index (χ4v) is 5.34. The van der Waals surface area contributed by atoms with Crippen molar-refractivity contribution >= 4 is 17.5 Å². The highest BCUT2D eigenvalue weighted by atomic mass is 16.2. The van der Waals surface area contributed by atoms with E-state index in [2.05, 4.69) is 12.1 Å². The zero-order chi connectivity index (χ0) is 20.3. The van der Waals surface area contributed by atoms with Gasteiger partial charge in [-0.05, 0) is 43.4 Å². The van der Waals surface area contributed by atoms with Crippen LogP contribution in [-0.4, -0.2) is 64.9 Å². The number of amides is 2. The van der Waals surface area contributed by atoms with Gasteiger partial charge in [-0.2, -0.15) is 10.5 Å². The number of piperazine rings is 1. The maximum Gasteiger partial charge on any atom is 0.244 e. The second-order valence-electron chi connectivity index (χ2n) is 8.53. The molecular formula is C21H22N6O2. The van der Waals surface area contributed by atoms with Crippen molar-refractivity contribution in [3.63, 3.8) is 0 Å². The van der Waals surface area contributed by atoms with E-state index in [1.54, 1.807) is 28.0 Å². The average Bonchev–Trinajstić information content (AvgIpc) is 3.07. The molecule has 29 heavy (non-hydrogen) atoms. The standard InChI is InChI=1S/C21H22N6O2/c22-8-12-2-1-3-14(4-12)26-16-7-19(21(26)29)25(10-16)11-17(24)20(28)27-15(9-23)5-13-6-18(13)27/h1-4,13,15-19H,5-7,10-11,24H2/t13-,15+,16?,17+,18+,19-/m1/s1. The Kier molecular flexibility index (Phi) is 4.09. The van der Waals surface area contributed by atoms with Crippen LogP contribution in [0.2, 0.25) is 0 Å². The van der Waals surface area contributed by atoms with Crippen molar-refractivity contribution in [1.82, 2.24) is 9.80 Å². The molecule has 148 valence electrons. The van der Waals surface area contributed by atoms with Gasteiger partial charge < -0.3 is 15.5 Å². The normalized spacial score (nSPS) is 33.3. The molecule has 1 saturated carbocycles. The van der Waals surface area contributed by atoms with Crippen molar-refractivity contribution in [3.05, 3.63) is 29.8 Å². The highest BCUT2D eigenvalue weighted by Gasteiger charge is 2.55. The first kappa shape index (κ1) is 18.1. The Hall–Kier alpha value is -2.94. The molecule has 8 nitrogen and oxygen atoms in total. The number of piperidine rings is 1. The van der Waals surface area contributed by atoms with Crippen LogP contribution in [0.5, 0.6) is 0 Å². The number of likely N-dealkylation sites (tertiary alicyclic amines) is 2. The van der Waals surface area contributed by atoms with Crippen LogP contribution in [0.3, 0.4) is 0 Å². The second-order valence-corrected chi connectivity index (χ2v) is 8.53. The first-order valence-electron chi connectivity index (χ1n) is 10.1. The lowest BCUT2D eigenvalue weighted by Gasteiger charge is -2.35. The summed E-state index contributed by atoms with van der Waals surface area (Å²) in [5.41, 5.74) is 7.50. The van der Waals surface area contributed by atoms with Crippen molar-refractivity contribution in [1.29, 1.82) is 10.5 Å². The number of nitrogens with zero attached hydrogens (tertiary/aromatic N) is 5. The molecule has 1 unspecified atom stereocenters. The van der Waals surface area contributed by atoms with E-state index in [-0.39, 0.29) is 36.0 Å². The van der Waals surface area contributed by atoms with Crippen molar-refractivity contribution < 1.29 is 9.59 Å². The highest BCUT2D eigenvalue weighted by Crippen LogP contribution is 2.47. The molecule has 1 aliphatic carbocycles. The quantitative estimate of drug-likeness (QED) is 0.784. The van der Waals surface area contributed by atoms with Gasteiger partial charge in [0.15, 0.2) is 0 Å². The molecule has 6 atom stereocenters. The molecule has 0 spiro atoms. The van der Waals surface area contributed by atoms with E-state index in [1.807, 2.05) is 11.0 Å². The lowest BCUT2D eigenvalue weighted by Crippen LogP contribution is -2.57. The van der Waals surface area contributed by atoms with Crippen LogP contribution in [0.4, 0.5) is 5.69 Å². The summed E-state index contributed by atoms with van der Waals surface area (Å²) in [6, 6.07) is 10.2. The molecule has 8 heteroatoms. The molecule has 3 heterocycles. The number of carbonyl (C=O) groups excluding carboxylic acids is 2. The molecule has 1 aromatic rings. The summed E-state index contributed by atoms with van der Waals surface area (Å²) in [6.45, 7) is 0.978. The number of fused-ring (bicyclic) bond motifs is 3. The van der Waals surface area contributed by atoms with Gasteiger partial charge in [-0.25, -0.2) is 0 Å². The summed E-state index contributed by atoms with van der Waals surface area (Å²) in [6.07, 6.45) is 2.43. The number of nitrogens with two attached hydrogens (primary N) is 1. The Bertz CT molecular complexity index is 965. The Morgan fingerprint density at radius 2 is 2.10 bits per heavy atom. The number of carbonyl (C=O) groups is 2. The van der Waals surface area contributed by atoms with E-state index in [9.17, 15) is 14.9 Å². The first-order valence-corrected chi connectivity index (χ1v) is 10.1. The van der Waals surface area contributed by atoms with Crippen LogP contribution in [0, 0.1) is 28.6 Å². The van der Waals surface area contributed by atoms with E-state index < -0.39 is 6.04 Å². The second kappa shape index (κ2) is 6.55. The third-order valence-corrected chi connectivity index (χ3v) is 6.78. The molecule has 5 rings (SSSR count). The third kappa shape index (κ3) is 2.79. The van der Waals surface area contributed by atoms with Crippen molar-refractivity contribution in [2.24, 2.45) is 11.7 Å². The largest absolute Gasteiger partial charge is 0.322 e. The third-order valence-electron chi connectivity index (χ3n) is 6.78. The van der Waals surface area contributed by atoms with Crippen LogP contribution in [-0.2, 0) is 9.59 Å². The number of hydrogen-bond acceptors (Lipinski definition) is 6. The summed E-state index contributed by atoms with van der Waals surface area (Å²) in [5.74, 6) is 0.280. The molecule has 2 bridgehead atoms. The molecule has 1 aromatic carbocycles. The Labute approximate surface area is 169 Å². The SMILES string of the molecule is N#Cc1cccc(N2C(=O)[C@H]3CC2CN3C[C@H](N)C(=O)N2[C@H](C#N)C[C@@H]3C[C@@H]32)c1. The summed E-state index contributed by atoms with van der Waals surface area (Å²) < 4.78 is 0. The Morgan fingerprint density at radius 1 is 1.28 bits per heavy atom. The number of nitriles is 2. The van der Waals surface area contributed by atoms with E-state index in [4.69, 9.17) is 11.0 Å². The number of anilines is 1. The van der Waals surface area contributed by atoms with Gasteiger partial charge in [0.05, 0.1) is 35.8 Å². The molecule has 0 radical (unpaired) electrons. The van der Waals surface area contributed by atoms with Gasteiger partial charge >= 0.3 is 0 Å². The Balaban J connectivity index is 1.26. The van der Waals surface area contributed by atoms with Crippen LogP contribution in [0.1, 0.15) is 24.8 Å². The van der Waals surface area contributed by atoms with Gasteiger partial charge in [0.25, 0.3) is 0 Å². The molecule has 2 N–H and O–H groups in total. The van der Waals surface area contributed by atoms with Gasteiger partial charge in [0, 0.05) is 24.8 Å². The molecule has 4 aliphatic rings. The van der Waals surface area contributed by atoms with Gasteiger partial charge in [-0.1, -0.05) is 6.07 Å². The van der Waals surface area contributed by atoms with E-state index in [0.29, 0.717) is 31.0 Å². The maximum atomic E-state index is 13.0. The number of rotatable bonds is 4.